The number of anilines is 1. The van der Waals surface area contributed by atoms with E-state index >= 15 is 0 Å². The molecular formula is C10H11Cl2FN4O2. The van der Waals surface area contributed by atoms with E-state index in [1.807, 2.05) is 0 Å². The molecule has 2 N–H and O–H groups in total. The quantitative estimate of drug-likeness (QED) is 0.648. The molecule has 9 heteroatoms. The van der Waals surface area contributed by atoms with Crippen LogP contribution in [0.3, 0.4) is 0 Å². The number of rotatable bonds is 2. The van der Waals surface area contributed by atoms with Crippen molar-refractivity contribution in [2.45, 2.75) is 18.9 Å². The van der Waals surface area contributed by atoms with E-state index in [0.717, 1.165) is 0 Å². The van der Waals surface area contributed by atoms with Crippen LogP contribution in [0.5, 0.6) is 0 Å². The Balaban J connectivity index is 2.11. The number of nitrogens with one attached hydrogen (secondary N) is 1. The van der Waals surface area contributed by atoms with Gasteiger partial charge in [0.2, 0.25) is 11.1 Å². The Morgan fingerprint density at radius 1 is 1.47 bits per heavy atom. The smallest absolute Gasteiger partial charge is 0.407 e. The van der Waals surface area contributed by atoms with Gasteiger partial charge in [0.1, 0.15) is 0 Å². The molecule has 1 unspecified atom stereocenters. The van der Waals surface area contributed by atoms with Crippen LogP contribution in [0.2, 0.25) is 10.4 Å². The van der Waals surface area contributed by atoms with Gasteiger partial charge >= 0.3 is 6.09 Å². The monoisotopic (exact) mass is 308 g/mol. The van der Waals surface area contributed by atoms with E-state index in [-0.39, 0.29) is 28.8 Å². The average Bonchev–Trinajstić information content (AvgIpc) is 2.35. The van der Waals surface area contributed by atoms with Gasteiger partial charge in [-0.15, -0.1) is 0 Å². The Kier molecular flexibility index (Phi) is 4.26. The number of hydrogen-bond donors (Lipinski definition) is 2. The lowest BCUT2D eigenvalue weighted by Gasteiger charge is -2.31. The Bertz CT molecular complexity index is 503. The number of halogens is 3. The normalized spacial score (nSPS) is 19.3. The van der Waals surface area contributed by atoms with Gasteiger partial charge in [-0.05, 0) is 24.4 Å². The summed E-state index contributed by atoms with van der Waals surface area (Å²) in [6, 6.07) is -0.235. The molecule has 1 atom stereocenters. The van der Waals surface area contributed by atoms with Crippen molar-refractivity contribution in [2.24, 2.45) is 0 Å². The number of nitrogens with zero attached hydrogens (tertiary/aromatic N) is 3. The fourth-order valence-electron chi connectivity index (χ4n) is 1.95. The fraction of sp³-hybridized carbons (Fsp3) is 0.500. The van der Waals surface area contributed by atoms with Crippen molar-refractivity contribution in [1.82, 2.24) is 14.9 Å². The second-order valence-electron chi connectivity index (χ2n) is 4.16. The number of aromatic nitrogens is 2. The van der Waals surface area contributed by atoms with Gasteiger partial charge in [-0.1, -0.05) is 11.6 Å². The molecule has 19 heavy (non-hydrogen) atoms. The topological polar surface area (TPSA) is 78.4 Å². The number of amides is 1. The molecule has 104 valence electrons. The Morgan fingerprint density at radius 2 is 2.21 bits per heavy atom. The molecule has 1 aliphatic rings. The van der Waals surface area contributed by atoms with E-state index in [1.165, 1.54) is 4.90 Å². The number of carboxylic acid groups (broad SMARTS) is 1. The summed E-state index contributed by atoms with van der Waals surface area (Å²) in [6.07, 6.45) is 0.409. The number of piperidine rings is 1. The Labute approximate surface area is 118 Å². The molecule has 1 amide bonds. The summed E-state index contributed by atoms with van der Waals surface area (Å²) in [5.74, 6) is -0.902. The molecule has 1 aromatic rings. The average molecular weight is 309 g/mol. The molecule has 0 saturated carbocycles. The molecule has 6 nitrogen and oxygen atoms in total. The molecule has 0 aromatic carbocycles. The Hall–Kier alpha value is -1.34. The first kappa shape index (κ1) is 14.1. The van der Waals surface area contributed by atoms with Crippen LogP contribution in [0.25, 0.3) is 0 Å². The molecule has 1 aromatic heterocycles. The van der Waals surface area contributed by atoms with Gasteiger partial charge in [-0.2, -0.15) is 9.37 Å². The van der Waals surface area contributed by atoms with E-state index in [0.29, 0.717) is 19.4 Å². The summed E-state index contributed by atoms with van der Waals surface area (Å²) >= 11 is 11.2. The van der Waals surface area contributed by atoms with E-state index in [2.05, 4.69) is 15.3 Å². The standard InChI is InChI=1S/C10H11Cl2FN4O2/c11-7-6(13)8(16-9(12)15-7)14-5-2-1-3-17(4-5)10(18)19/h5H,1-4H2,(H,18,19)(H,14,15,16). The predicted octanol–water partition coefficient (Wildman–Crippen LogP) is 2.48. The first-order valence-electron chi connectivity index (χ1n) is 5.60. The summed E-state index contributed by atoms with van der Waals surface area (Å²) in [6.45, 7) is 0.731. The van der Waals surface area contributed by atoms with Crippen LogP contribution in [0, 0.1) is 5.82 Å². The van der Waals surface area contributed by atoms with Gasteiger partial charge < -0.3 is 15.3 Å². The summed E-state index contributed by atoms with van der Waals surface area (Å²) in [5.41, 5.74) is 0. The van der Waals surface area contributed by atoms with Gasteiger partial charge in [0, 0.05) is 19.1 Å². The molecule has 0 spiro atoms. The van der Waals surface area contributed by atoms with E-state index in [1.54, 1.807) is 0 Å². The third-order valence-corrected chi connectivity index (χ3v) is 3.24. The minimum absolute atomic E-state index is 0.109. The molecule has 1 aliphatic heterocycles. The SMILES string of the molecule is O=C(O)N1CCCC(Nc2nc(Cl)nc(Cl)c2F)C1. The fourth-order valence-corrected chi connectivity index (χ4v) is 2.33. The number of hydrogen-bond acceptors (Lipinski definition) is 4. The lowest BCUT2D eigenvalue weighted by Crippen LogP contribution is -2.44. The maximum Gasteiger partial charge on any atom is 0.407 e. The number of likely N-dealkylation sites (tertiary alicyclic amines) is 1. The highest BCUT2D eigenvalue weighted by atomic mass is 35.5. The minimum atomic E-state index is -0.995. The van der Waals surface area contributed by atoms with Crippen LogP contribution in [-0.4, -0.2) is 45.2 Å². The van der Waals surface area contributed by atoms with Crippen molar-refractivity contribution in [3.8, 4) is 0 Å². The lowest BCUT2D eigenvalue weighted by atomic mass is 10.1. The lowest BCUT2D eigenvalue weighted by molar-refractivity contribution is 0.132. The summed E-state index contributed by atoms with van der Waals surface area (Å²) < 4.78 is 13.7. The van der Waals surface area contributed by atoms with Crippen molar-refractivity contribution in [3.63, 3.8) is 0 Å². The van der Waals surface area contributed by atoms with Crippen molar-refractivity contribution in [3.05, 3.63) is 16.3 Å². The first-order chi connectivity index (χ1) is 8.97. The molecule has 2 heterocycles. The van der Waals surface area contributed by atoms with Crippen LogP contribution in [0.4, 0.5) is 15.0 Å². The maximum absolute atomic E-state index is 13.7. The third kappa shape index (κ3) is 3.36. The van der Waals surface area contributed by atoms with Gasteiger partial charge in [0.05, 0.1) is 0 Å². The second-order valence-corrected chi connectivity index (χ2v) is 4.85. The van der Waals surface area contributed by atoms with E-state index < -0.39 is 11.9 Å². The van der Waals surface area contributed by atoms with Gasteiger partial charge in [0.15, 0.2) is 11.0 Å². The molecule has 0 radical (unpaired) electrons. The Morgan fingerprint density at radius 3 is 2.89 bits per heavy atom. The zero-order valence-electron chi connectivity index (χ0n) is 9.74. The molecule has 0 aliphatic carbocycles. The van der Waals surface area contributed by atoms with Crippen LogP contribution in [0.15, 0.2) is 0 Å². The van der Waals surface area contributed by atoms with Gasteiger partial charge in [0.25, 0.3) is 0 Å². The van der Waals surface area contributed by atoms with Crippen molar-refractivity contribution < 1.29 is 14.3 Å². The highest BCUT2D eigenvalue weighted by Crippen LogP contribution is 2.23. The molecule has 0 bridgehead atoms. The third-order valence-electron chi connectivity index (χ3n) is 2.82. The van der Waals surface area contributed by atoms with Crippen molar-refractivity contribution in [2.75, 3.05) is 18.4 Å². The van der Waals surface area contributed by atoms with Crippen LogP contribution < -0.4 is 5.32 Å². The van der Waals surface area contributed by atoms with Crippen molar-refractivity contribution >= 4 is 35.1 Å². The van der Waals surface area contributed by atoms with Crippen LogP contribution >= 0.6 is 23.2 Å². The van der Waals surface area contributed by atoms with Crippen LogP contribution in [0.1, 0.15) is 12.8 Å². The zero-order chi connectivity index (χ0) is 14.0. The number of carbonyl (C=O) groups is 1. The first-order valence-corrected chi connectivity index (χ1v) is 6.36. The van der Waals surface area contributed by atoms with Gasteiger partial charge in [-0.3, -0.25) is 0 Å². The van der Waals surface area contributed by atoms with Crippen molar-refractivity contribution in [1.29, 1.82) is 0 Å². The van der Waals surface area contributed by atoms with E-state index in [9.17, 15) is 9.18 Å². The summed E-state index contributed by atoms with van der Waals surface area (Å²) in [4.78, 5) is 19.3. The zero-order valence-corrected chi connectivity index (χ0v) is 11.2. The predicted molar refractivity (Wildman–Crippen MR) is 68.3 cm³/mol. The highest BCUT2D eigenvalue weighted by Gasteiger charge is 2.24. The maximum atomic E-state index is 13.7. The molecule has 1 fully saturated rings. The van der Waals surface area contributed by atoms with Crippen LogP contribution in [-0.2, 0) is 0 Å². The highest BCUT2D eigenvalue weighted by molar-refractivity contribution is 6.32. The molecule has 1 saturated heterocycles. The minimum Gasteiger partial charge on any atom is -0.465 e. The summed E-state index contributed by atoms with van der Waals surface area (Å²) in [7, 11) is 0. The van der Waals surface area contributed by atoms with Gasteiger partial charge in [-0.25, -0.2) is 9.78 Å². The van der Waals surface area contributed by atoms with E-state index in [4.69, 9.17) is 28.3 Å². The summed E-state index contributed by atoms with van der Waals surface area (Å²) in [5, 5.41) is 11.2. The molecule has 2 rings (SSSR count). The molecular weight excluding hydrogens is 298 g/mol. The second kappa shape index (κ2) is 5.75. The largest absolute Gasteiger partial charge is 0.465 e.